The first kappa shape index (κ1) is 12.5. The summed E-state index contributed by atoms with van der Waals surface area (Å²) >= 11 is 5.59. The van der Waals surface area contributed by atoms with E-state index in [1.807, 2.05) is 20.8 Å². The van der Waals surface area contributed by atoms with Gasteiger partial charge >= 0.3 is 5.97 Å². The van der Waals surface area contributed by atoms with Crippen molar-refractivity contribution in [1.29, 1.82) is 0 Å². The third kappa shape index (κ3) is 5.69. The van der Waals surface area contributed by atoms with Crippen molar-refractivity contribution >= 4 is 17.6 Å². The number of allylic oxidation sites excluding steroid dienone is 1. The lowest BCUT2D eigenvalue weighted by Gasteiger charge is -2.07. The van der Waals surface area contributed by atoms with Gasteiger partial charge in [-0.15, -0.1) is 11.6 Å². The smallest absolute Gasteiger partial charge is 0.334 e. The summed E-state index contributed by atoms with van der Waals surface area (Å²) in [5.41, 5.74) is 0.560. The number of esters is 1. The molecule has 0 atom stereocenters. The van der Waals surface area contributed by atoms with E-state index < -0.39 is 0 Å². The number of carbonyl (C=O) groups is 1. The fourth-order valence-electron chi connectivity index (χ4n) is 0.774. The zero-order valence-corrected chi connectivity index (χ0v) is 9.23. The number of halogens is 1. The van der Waals surface area contributed by atoms with Crippen molar-refractivity contribution in [2.24, 2.45) is 5.92 Å². The molecule has 2 nitrogen and oxygen atoms in total. The number of hydrogen-bond donors (Lipinski definition) is 0. The van der Waals surface area contributed by atoms with Crippen LogP contribution in [0.1, 0.15) is 27.2 Å². The standard InChI is InChI=1S/C10H17ClO2/c1-4-5-9(6-11)10(12)13-7-8(2)3/h5,8H,4,6-7H2,1-3H3. The van der Waals surface area contributed by atoms with Gasteiger partial charge in [-0.1, -0.05) is 26.8 Å². The number of carbonyl (C=O) groups excluding carboxylic acids is 1. The molecular formula is C10H17ClO2. The third-order valence-corrected chi connectivity index (χ3v) is 1.69. The predicted molar refractivity (Wildman–Crippen MR) is 54.9 cm³/mol. The fraction of sp³-hybridized carbons (Fsp3) is 0.700. The summed E-state index contributed by atoms with van der Waals surface area (Å²) in [4.78, 5) is 11.3. The Labute approximate surface area is 84.9 Å². The Morgan fingerprint density at radius 2 is 2.15 bits per heavy atom. The molecule has 76 valence electrons. The van der Waals surface area contributed by atoms with Gasteiger partial charge in [0.15, 0.2) is 0 Å². The summed E-state index contributed by atoms with van der Waals surface area (Å²) in [6.07, 6.45) is 2.61. The van der Waals surface area contributed by atoms with Crippen molar-refractivity contribution in [1.82, 2.24) is 0 Å². The first-order valence-corrected chi connectivity index (χ1v) is 5.07. The van der Waals surface area contributed by atoms with Crippen LogP contribution in [-0.2, 0) is 9.53 Å². The van der Waals surface area contributed by atoms with E-state index >= 15 is 0 Å². The first-order valence-electron chi connectivity index (χ1n) is 4.53. The molecule has 0 N–H and O–H groups in total. The van der Waals surface area contributed by atoms with Crippen molar-refractivity contribution in [2.45, 2.75) is 27.2 Å². The predicted octanol–water partition coefficient (Wildman–Crippen LogP) is 2.76. The Kier molecular flexibility index (Phi) is 6.69. The van der Waals surface area contributed by atoms with Gasteiger partial charge in [0.25, 0.3) is 0 Å². The molecule has 3 heteroatoms. The number of ether oxygens (including phenoxy) is 1. The minimum absolute atomic E-state index is 0.227. The maximum atomic E-state index is 11.3. The topological polar surface area (TPSA) is 26.3 Å². The van der Waals surface area contributed by atoms with Crippen molar-refractivity contribution in [3.05, 3.63) is 11.6 Å². The summed E-state index contributed by atoms with van der Waals surface area (Å²) in [7, 11) is 0. The van der Waals surface area contributed by atoms with Gasteiger partial charge in [0.05, 0.1) is 12.5 Å². The molecule has 0 rings (SSSR count). The Morgan fingerprint density at radius 1 is 1.54 bits per heavy atom. The summed E-state index contributed by atoms with van der Waals surface area (Å²) < 4.78 is 5.02. The summed E-state index contributed by atoms with van der Waals surface area (Å²) in [6.45, 7) is 6.41. The van der Waals surface area contributed by atoms with E-state index in [0.29, 0.717) is 18.1 Å². The Morgan fingerprint density at radius 3 is 2.54 bits per heavy atom. The highest BCUT2D eigenvalue weighted by molar-refractivity contribution is 6.22. The van der Waals surface area contributed by atoms with Crippen LogP contribution in [0.25, 0.3) is 0 Å². The maximum Gasteiger partial charge on any atom is 0.334 e. The number of rotatable bonds is 5. The van der Waals surface area contributed by atoms with E-state index in [4.69, 9.17) is 16.3 Å². The van der Waals surface area contributed by atoms with Gasteiger partial charge in [0, 0.05) is 5.57 Å². The van der Waals surface area contributed by atoms with Crippen molar-refractivity contribution in [3.63, 3.8) is 0 Å². The average molecular weight is 205 g/mol. The van der Waals surface area contributed by atoms with Gasteiger partial charge in [-0.2, -0.15) is 0 Å². The van der Waals surface area contributed by atoms with Crippen LogP contribution in [-0.4, -0.2) is 18.5 Å². The highest BCUT2D eigenvalue weighted by Crippen LogP contribution is 2.04. The van der Waals surface area contributed by atoms with Gasteiger partial charge in [-0.25, -0.2) is 4.79 Å². The molecule has 0 bridgehead atoms. The minimum atomic E-state index is -0.287. The van der Waals surface area contributed by atoms with Crippen LogP contribution in [0, 0.1) is 5.92 Å². The molecule has 0 aromatic rings. The largest absolute Gasteiger partial charge is 0.462 e. The molecule has 0 aliphatic rings. The van der Waals surface area contributed by atoms with Crippen LogP contribution in [0.4, 0.5) is 0 Å². The minimum Gasteiger partial charge on any atom is -0.462 e. The van der Waals surface area contributed by atoms with Crippen LogP contribution in [0.15, 0.2) is 11.6 Å². The highest BCUT2D eigenvalue weighted by Gasteiger charge is 2.09. The zero-order chi connectivity index (χ0) is 10.3. The van der Waals surface area contributed by atoms with E-state index in [1.165, 1.54) is 0 Å². The molecule has 0 saturated carbocycles. The van der Waals surface area contributed by atoms with E-state index in [9.17, 15) is 4.79 Å². The van der Waals surface area contributed by atoms with Gasteiger partial charge < -0.3 is 4.74 Å². The molecule has 0 saturated heterocycles. The third-order valence-electron chi connectivity index (χ3n) is 1.40. The average Bonchev–Trinajstić information content (AvgIpc) is 2.10. The van der Waals surface area contributed by atoms with Crippen LogP contribution in [0.5, 0.6) is 0 Å². The lowest BCUT2D eigenvalue weighted by molar-refractivity contribution is -0.139. The molecular weight excluding hydrogens is 188 g/mol. The zero-order valence-electron chi connectivity index (χ0n) is 8.47. The molecule has 0 unspecified atom stereocenters. The molecule has 0 fully saturated rings. The van der Waals surface area contributed by atoms with Crippen LogP contribution >= 0.6 is 11.6 Å². The number of alkyl halides is 1. The van der Waals surface area contributed by atoms with Gasteiger partial charge in [0.1, 0.15) is 0 Å². The lowest BCUT2D eigenvalue weighted by Crippen LogP contribution is -2.13. The van der Waals surface area contributed by atoms with E-state index in [-0.39, 0.29) is 11.8 Å². The maximum absolute atomic E-state index is 11.3. The van der Waals surface area contributed by atoms with E-state index in [2.05, 4.69) is 0 Å². The molecule has 0 aliphatic carbocycles. The number of hydrogen-bond acceptors (Lipinski definition) is 2. The molecule has 0 aromatic heterocycles. The van der Waals surface area contributed by atoms with Crippen molar-refractivity contribution in [3.8, 4) is 0 Å². The normalized spacial score (nSPS) is 11.9. The monoisotopic (exact) mass is 204 g/mol. The Bertz CT molecular complexity index is 185. The second-order valence-electron chi connectivity index (χ2n) is 3.26. The van der Waals surface area contributed by atoms with Gasteiger partial charge in [-0.3, -0.25) is 0 Å². The van der Waals surface area contributed by atoms with Crippen molar-refractivity contribution < 1.29 is 9.53 Å². The Hall–Kier alpha value is -0.500. The second-order valence-corrected chi connectivity index (χ2v) is 3.53. The molecule has 0 spiro atoms. The molecule has 0 radical (unpaired) electrons. The van der Waals surface area contributed by atoms with Gasteiger partial charge in [-0.05, 0) is 12.3 Å². The second kappa shape index (κ2) is 6.96. The highest BCUT2D eigenvalue weighted by atomic mass is 35.5. The van der Waals surface area contributed by atoms with Crippen LogP contribution in [0.2, 0.25) is 0 Å². The summed E-state index contributed by atoms with van der Waals surface area (Å²) in [5.74, 6) is 0.304. The van der Waals surface area contributed by atoms with E-state index in [0.717, 1.165) is 6.42 Å². The lowest BCUT2D eigenvalue weighted by atomic mass is 10.2. The van der Waals surface area contributed by atoms with Crippen LogP contribution in [0.3, 0.4) is 0 Å². The first-order chi connectivity index (χ1) is 6.11. The quantitative estimate of drug-likeness (QED) is 0.391. The molecule has 0 aliphatic heterocycles. The summed E-state index contributed by atoms with van der Waals surface area (Å²) in [5, 5.41) is 0. The SMILES string of the molecule is CCC=C(CCl)C(=O)OCC(C)C. The van der Waals surface area contributed by atoms with Gasteiger partial charge in [0.2, 0.25) is 0 Å². The molecule has 0 heterocycles. The summed E-state index contributed by atoms with van der Waals surface area (Å²) in [6, 6.07) is 0. The van der Waals surface area contributed by atoms with Crippen LogP contribution < -0.4 is 0 Å². The fourth-order valence-corrected chi connectivity index (χ4v) is 0.992. The van der Waals surface area contributed by atoms with E-state index in [1.54, 1.807) is 6.08 Å². The molecule has 13 heavy (non-hydrogen) atoms. The van der Waals surface area contributed by atoms with Crippen molar-refractivity contribution in [2.75, 3.05) is 12.5 Å². The molecule has 0 aromatic carbocycles. The Balaban J connectivity index is 4.00. The molecule has 0 amide bonds.